The normalized spacial score (nSPS) is 25.8. The molecular weight excluding hydrogens is 308 g/mol. The molecule has 0 saturated carbocycles. The number of carboxylic acid groups (broad SMARTS) is 1. The zero-order valence-corrected chi connectivity index (χ0v) is 14.0. The Bertz CT molecular complexity index is 588. The van der Waals surface area contributed by atoms with Crippen molar-refractivity contribution in [2.45, 2.75) is 49.4 Å². The van der Waals surface area contributed by atoms with Gasteiger partial charge in [0.25, 0.3) is 5.56 Å². The Labute approximate surface area is 132 Å². The van der Waals surface area contributed by atoms with Crippen molar-refractivity contribution in [1.29, 1.82) is 0 Å². The number of hydrogen-bond acceptors (Lipinski definition) is 5. The van der Waals surface area contributed by atoms with Crippen LogP contribution < -0.4 is 5.56 Å². The molecule has 0 spiro atoms. The van der Waals surface area contributed by atoms with Crippen molar-refractivity contribution in [3.05, 3.63) is 27.4 Å². The molecule has 116 valence electrons. The van der Waals surface area contributed by atoms with Crippen molar-refractivity contribution in [2.75, 3.05) is 5.75 Å². The third kappa shape index (κ3) is 4.03. The van der Waals surface area contributed by atoms with E-state index in [-0.39, 0.29) is 23.7 Å². The number of rotatable bonds is 4. The second-order valence-electron chi connectivity index (χ2n) is 5.28. The minimum Gasteiger partial charge on any atom is -0.481 e. The Morgan fingerprint density at radius 1 is 1.43 bits per heavy atom. The molecule has 5 nitrogen and oxygen atoms in total. The van der Waals surface area contributed by atoms with Gasteiger partial charge in [-0.1, -0.05) is 13.8 Å². The lowest BCUT2D eigenvalue weighted by Gasteiger charge is -2.30. The number of carboxylic acids is 1. The van der Waals surface area contributed by atoms with Crippen molar-refractivity contribution in [1.82, 2.24) is 9.97 Å². The summed E-state index contributed by atoms with van der Waals surface area (Å²) in [6, 6.07) is 0. The second-order valence-corrected chi connectivity index (χ2v) is 8.27. The maximum atomic E-state index is 12.2. The van der Waals surface area contributed by atoms with Gasteiger partial charge in [0, 0.05) is 33.9 Å². The van der Waals surface area contributed by atoms with Crippen molar-refractivity contribution in [3.63, 3.8) is 0 Å². The molecule has 1 aromatic heterocycles. The summed E-state index contributed by atoms with van der Waals surface area (Å²) >= 11 is 3.74. The minimum absolute atomic E-state index is 0.0481. The highest BCUT2D eigenvalue weighted by molar-refractivity contribution is 8.07. The second kappa shape index (κ2) is 6.87. The molecule has 1 aliphatic rings. The van der Waals surface area contributed by atoms with Crippen molar-refractivity contribution in [3.8, 4) is 0 Å². The summed E-state index contributed by atoms with van der Waals surface area (Å²) < 4.78 is 0. The quantitative estimate of drug-likeness (QED) is 0.883. The third-order valence-electron chi connectivity index (χ3n) is 3.68. The lowest BCUT2D eigenvalue weighted by atomic mass is 10.1. The molecule has 0 bridgehead atoms. The maximum absolute atomic E-state index is 12.2. The summed E-state index contributed by atoms with van der Waals surface area (Å²) in [6.07, 6.45) is 0.178. The van der Waals surface area contributed by atoms with Gasteiger partial charge in [0.1, 0.15) is 5.82 Å². The zero-order chi connectivity index (χ0) is 15.6. The summed E-state index contributed by atoms with van der Waals surface area (Å²) in [4.78, 5) is 30.2. The molecule has 3 atom stereocenters. The van der Waals surface area contributed by atoms with Crippen molar-refractivity contribution < 1.29 is 9.90 Å². The molecule has 2 N–H and O–H groups in total. The average molecular weight is 328 g/mol. The molecule has 1 fully saturated rings. The van der Waals surface area contributed by atoms with Gasteiger partial charge in [-0.25, -0.2) is 4.98 Å². The lowest BCUT2D eigenvalue weighted by molar-refractivity contribution is -0.136. The van der Waals surface area contributed by atoms with Crippen LogP contribution in [0.15, 0.2) is 4.79 Å². The molecule has 3 unspecified atom stereocenters. The van der Waals surface area contributed by atoms with Crippen LogP contribution in [-0.2, 0) is 11.2 Å². The van der Waals surface area contributed by atoms with Crippen LogP contribution in [0.25, 0.3) is 0 Å². The number of carbonyl (C=O) groups is 1. The fraction of sp³-hybridized carbons (Fsp3) is 0.643. The number of aromatic nitrogens is 2. The van der Waals surface area contributed by atoms with E-state index in [1.807, 2.05) is 23.5 Å². The van der Waals surface area contributed by atoms with E-state index >= 15 is 0 Å². The van der Waals surface area contributed by atoms with Gasteiger partial charge in [-0.05, 0) is 13.3 Å². The summed E-state index contributed by atoms with van der Waals surface area (Å²) in [5, 5.41) is 10.1. The van der Waals surface area contributed by atoms with Gasteiger partial charge in [0.15, 0.2) is 0 Å². The van der Waals surface area contributed by atoms with Crippen LogP contribution in [0.1, 0.15) is 42.6 Å². The number of thioether (sulfide) groups is 2. The molecule has 1 aromatic rings. The van der Waals surface area contributed by atoms with E-state index < -0.39 is 5.97 Å². The first-order chi connectivity index (χ1) is 9.88. The first-order valence-electron chi connectivity index (χ1n) is 6.97. The van der Waals surface area contributed by atoms with E-state index in [1.54, 1.807) is 6.92 Å². The molecule has 1 aliphatic heterocycles. The van der Waals surface area contributed by atoms with E-state index in [2.05, 4.69) is 23.8 Å². The Hall–Kier alpha value is -0.950. The molecule has 2 heterocycles. The number of nitrogens with one attached hydrogen (secondary N) is 1. The van der Waals surface area contributed by atoms with Gasteiger partial charge in [0.05, 0.1) is 5.25 Å². The smallest absolute Gasteiger partial charge is 0.303 e. The average Bonchev–Trinajstić information content (AvgIpc) is 2.40. The first-order valence-corrected chi connectivity index (χ1v) is 8.96. The summed E-state index contributed by atoms with van der Waals surface area (Å²) in [6.45, 7) is 6.19. The van der Waals surface area contributed by atoms with Crippen LogP contribution in [0.2, 0.25) is 0 Å². The molecule has 0 amide bonds. The first kappa shape index (κ1) is 16.4. The van der Waals surface area contributed by atoms with Crippen molar-refractivity contribution in [2.24, 2.45) is 0 Å². The van der Waals surface area contributed by atoms with Crippen LogP contribution in [0.3, 0.4) is 0 Å². The standard InChI is InChI=1S/C14H20N2O3S2/c1-7-10(4-5-12(17)18)14(19)16-13(15-7)11-6-20-8(2)9(3)21-11/h8-9,11H,4-6H2,1-3H3,(H,17,18)(H,15,16,19). The van der Waals surface area contributed by atoms with Gasteiger partial charge in [-0.3, -0.25) is 9.59 Å². The van der Waals surface area contributed by atoms with E-state index in [9.17, 15) is 9.59 Å². The largest absolute Gasteiger partial charge is 0.481 e. The lowest BCUT2D eigenvalue weighted by Crippen LogP contribution is -2.26. The van der Waals surface area contributed by atoms with Crippen LogP contribution in [0.4, 0.5) is 0 Å². The van der Waals surface area contributed by atoms with E-state index in [0.29, 0.717) is 27.6 Å². The van der Waals surface area contributed by atoms with E-state index in [1.165, 1.54) is 0 Å². The Balaban J connectivity index is 2.19. The predicted octanol–water partition coefficient (Wildman–Crippen LogP) is 2.39. The van der Waals surface area contributed by atoms with Crippen LogP contribution in [0, 0.1) is 6.92 Å². The Morgan fingerprint density at radius 3 is 2.71 bits per heavy atom. The highest BCUT2D eigenvalue weighted by atomic mass is 32.2. The highest BCUT2D eigenvalue weighted by Gasteiger charge is 2.28. The topological polar surface area (TPSA) is 83.0 Å². The van der Waals surface area contributed by atoms with E-state index in [4.69, 9.17) is 5.11 Å². The predicted molar refractivity (Wildman–Crippen MR) is 87.3 cm³/mol. The third-order valence-corrected chi connectivity index (χ3v) is 7.08. The summed E-state index contributed by atoms with van der Waals surface area (Å²) in [5.74, 6) is 0.750. The van der Waals surface area contributed by atoms with Crippen LogP contribution in [-0.4, -0.2) is 37.3 Å². The van der Waals surface area contributed by atoms with Gasteiger partial charge < -0.3 is 10.1 Å². The van der Waals surface area contributed by atoms with Gasteiger partial charge in [0.2, 0.25) is 0 Å². The number of nitrogens with zero attached hydrogens (tertiary/aromatic N) is 1. The number of aryl methyl sites for hydroxylation is 1. The minimum atomic E-state index is -0.903. The van der Waals surface area contributed by atoms with Crippen molar-refractivity contribution >= 4 is 29.5 Å². The van der Waals surface area contributed by atoms with Crippen LogP contribution >= 0.6 is 23.5 Å². The Kier molecular flexibility index (Phi) is 5.37. The summed E-state index contributed by atoms with van der Waals surface area (Å²) in [7, 11) is 0. The number of hydrogen-bond donors (Lipinski definition) is 2. The number of H-pyrrole nitrogens is 1. The molecule has 21 heavy (non-hydrogen) atoms. The molecule has 0 aromatic carbocycles. The molecule has 0 aliphatic carbocycles. The molecule has 7 heteroatoms. The molecule has 0 radical (unpaired) electrons. The maximum Gasteiger partial charge on any atom is 0.303 e. The van der Waals surface area contributed by atoms with E-state index in [0.717, 1.165) is 5.75 Å². The van der Waals surface area contributed by atoms with Crippen LogP contribution in [0.5, 0.6) is 0 Å². The number of aliphatic carboxylic acids is 1. The fourth-order valence-electron chi connectivity index (χ4n) is 2.24. The zero-order valence-electron chi connectivity index (χ0n) is 12.4. The van der Waals surface area contributed by atoms with Gasteiger partial charge >= 0.3 is 5.97 Å². The number of aromatic amines is 1. The van der Waals surface area contributed by atoms with Gasteiger partial charge in [-0.15, -0.1) is 11.8 Å². The SMILES string of the molecule is Cc1nc(C2CSC(C)C(C)S2)[nH]c(=O)c1CCC(=O)O. The molecule has 2 rings (SSSR count). The van der Waals surface area contributed by atoms with Gasteiger partial charge in [-0.2, -0.15) is 11.8 Å². The Morgan fingerprint density at radius 2 is 2.14 bits per heavy atom. The highest BCUT2D eigenvalue weighted by Crippen LogP contribution is 2.42. The monoisotopic (exact) mass is 328 g/mol. The fourth-order valence-corrected chi connectivity index (χ4v) is 5.10. The molecule has 1 saturated heterocycles. The molecular formula is C14H20N2O3S2. The summed E-state index contributed by atoms with van der Waals surface area (Å²) in [5.41, 5.74) is 0.929.